The molecule has 0 unspecified atom stereocenters. The highest BCUT2D eigenvalue weighted by molar-refractivity contribution is 7.26. The predicted octanol–water partition coefficient (Wildman–Crippen LogP) is 14.3. The third-order valence-corrected chi connectivity index (χ3v) is 11.3. The Morgan fingerprint density at radius 3 is 1.67 bits per heavy atom. The first-order chi connectivity index (χ1) is 25.0. The van der Waals surface area contributed by atoms with Crippen molar-refractivity contribution in [3.8, 4) is 33.4 Å². The second-order valence-electron chi connectivity index (χ2n) is 12.9. The van der Waals surface area contributed by atoms with Crippen molar-refractivity contribution in [2.45, 2.75) is 6.18 Å². The van der Waals surface area contributed by atoms with Gasteiger partial charge in [-0.3, -0.25) is 0 Å². The lowest BCUT2D eigenvalue weighted by molar-refractivity contribution is -0.135. The number of hydrogen-bond acceptors (Lipinski definition) is 1. The molecule has 0 N–H and O–H groups in total. The molecule has 0 aliphatic carbocycles. The molecule has 0 nitrogen and oxygen atoms in total. The number of thiophene rings is 1. The Morgan fingerprint density at radius 1 is 0.451 bits per heavy atom. The van der Waals surface area contributed by atoms with Gasteiger partial charge in [0.1, 0.15) is 0 Å². The lowest BCUT2D eigenvalue weighted by atomic mass is 9.85. The monoisotopic (exact) mass is 678 g/mol. The van der Waals surface area contributed by atoms with Crippen LogP contribution >= 0.6 is 11.3 Å². The summed E-state index contributed by atoms with van der Waals surface area (Å²) in [6, 6.07) is 56.6. The Hall–Kier alpha value is -6.15. The molecule has 51 heavy (non-hydrogen) atoms. The predicted molar refractivity (Wildman–Crippen MR) is 208 cm³/mol. The fourth-order valence-electron chi connectivity index (χ4n) is 8.09. The molecule has 0 aliphatic rings. The first-order valence-electron chi connectivity index (χ1n) is 16.8. The quantitative estimate of drug-likeness (QED) is 0.163. The van der Waals surface area contributed by atoms with Crippen LogP contribution in [0.3, 0.4) is 0 Å². The summed E-state index contributed by atoms with van der Waals surface area (Å²) < 4.78 is 46.0. The van der Waals surface area contributed by atoms with Crippen molar-refractivity contribution in [3.63, 3.8) is 0 Å². The van der Waals surface area contributed by atoms with Crippen LogP contribution in [0.4, 0.5) is 13.2 Å². The van der Waals surface area contributed by atoms with E-state index in [1.807, 2.05) is 18.2 Å². The molecule has 10 aromatic rings. The third-order valence-electron chi connectivity index (χ3n) is 10.1. The van der Waals surface area contributed by atoms with Gasteiger partial charge in [0.05, 0.1) is 5.56 Å². The normalized spacial score (nSPS) is 12.1. The zero-order valence-electron chi connectivity index (χ0n) is 27.0. The van der Waals surface area contributed by atoms with Gasteiger partial charge in [-0.05, 0) is 78.8 Å². The van der Waals surface area contributed by atoms with Gasteiger partial charge in [-0.2, -0.15) is 13.2 Å². The summed E-state index contributed by atoms with van der Waals surface area (Å²) in [5, 5.41) is 8.24. The van der Waals surface area contributed by atoms with Crippen LogP contribution < -0.4 is 0 Å². The van der Waals surface area contributed by atoms with E-state index >= 15 is 0 Å². The van der Waals surface area contributed by atoms with E-state index in [1.165, 1.54) is 50.4 Å². The fraction of sp³-hybridized carbons (Fsp3) is 0.0213. The van der Waals surface area contributed by atoms with Crippen molar-refractivity contribution in [2.75, 3.05) is 0 Å². The lowest BCUT2D eigenvalue weighted by Gasteiger charge is -2.18. The van der Waals surface area contributed by atoms with Crippen molar-refractivity contribution in [2.24, 2.45) is 0 Å². The summed E-state index contributed by atoms with van der Waals surface area (Å²) >= 11 is 1.67. The van der Waals surface area contributed by atoms with E-state index in [4.69, 9.17) is 0 Å². The molecule has 10 rings (SSSR count). The smallest absolute Gasteiger partial charge is 0.166 e. The standard InChI is InChI=1S/C47H25F3S/c48-47(49,50)45-36-21-10-8-19-34(36)44(35-20-9-11-22-37(35)45)39-24-12-23-38-40-27-29(25-26-41(40)51-46(38)39)43-32-17-6-4-15-30(32)42(28-13-2-1-3-14-28)31-16-5-7-18-33(31)43/h1-8,10-19,21-27H. The van der Waals surface area contributed by atoms with E-state index in [-0.39, 0.29) is 10.8 Å². The van der Waals surface area contributed by atoms with Gasteiger partial charge in [0.25, 0.3) is 0 Å². The van der Waals surface area contributed by atoms with E-state index in [1.54, 1.807) is 35.6 Å². The summed E-state index contributed by atoms with van der Waals surface area (Å²) in [7, 11) is 0. The van der Waals surface area contributed by atoms with Gasteiger partial charge in [-0.25, -0.2) is 0 Å². The second kappa shape index (κ2) is 11.2. The molecule has 9 aromatic carbocycles. The number of hydrogen-bond donors (Lipinski definition) is 0. The molecule has 0 radical (unpaired) electrons. The van der Waals surface area contributed by atoms with Gasteiger partial charge in [0.2, 0.25) is 0 Å². The van der Waals surface area contributed by atoms with Gasteiger partial charge in [-0.15, -0.1) is 11.3 Å². The van der Waals surface area contributed by atoms with Crippen molar-refractivity contribution in [1.29, 1.82) is 0 Å². The Balaban J connectivity index is 1.26. The molecule has 1 aromatic heterocycles. The molecule has 0 saturated carbocycles. The Kier molecular flexibility index (Phi) is 6.52. The highest BCUT2D eigenvalue weighted by Crippen LogP contribution is 2.50. The number of rotatable bonds is 3. The average Bonchev–Trinajstić information content (AvgIpc) is 3.54. The maximum Gasteiger partial charge on any atom is 0.417 e. The summed E-state index contributed by atoms with van der Waals surface area (Å²) in [5.74, 6) is 0. The molecule has 0 bridgehead atoms. The van der Waals surface area contributed by atoms with Crippen LogP contribution in [0.5, 0.6) is 0 Å². The van der Waals surface area contributed by atoms with E-state index in [9.17, 15) is 13.2 Å². The summed E-state index contributed by atoms with van der Waals surface area (Å²) in [6.45, 7) is 0. The first kappa shape index (κ1) is 29.7. The van der Waals surface area contributed by atoms with Crippen LogP contribution in [0, 0.1) is 12.1 Å². The zero-order chi connectivity index (χ0) is 34.3. The summed E-state index contributed by atoms with van der Waals surface area (Å²) in [6.07, 6.45) is -4.53. The summed E-state index contributed by atoms with van der Waals surface area (Å²) in [4.78, 5) is 0. The minimum absolute atomic E-state index is 0.132. The van der Waals surface area contributed by atoms with Crippen LogP contribution in [0.15, 0.2) is 152 Å². The molecule has 4 heteroatoms. The molecule has 0 atom stereocenters. The minimum Gasteiger partial charge on any atom is -0.166 e. The van der Waals surface area contributed by atoms with Gasteiger partial charge in [0.15, 0.2) is 0 Å². The second-order valence-corrected chi connectivity index (χ2v) is 13.9. The molecule has 1 heterocycles. The molecule has 0 amide bonds. The SMILES string of the molecule is FC(F)(F)c1c2ccc#cc2c(-c2cccc3c2sc2ccc(-c4c5ccccc5c(-c5ccccc5)c5ccccc45)cc23)c2ccccc12. The van der Waals surface area contributed by atoms with Gasteiger partial charge >= 0.3 is 6.18 Å². The van der Waals surface area contributed by atoms with Gasteiger partial charge < -0.3 is 0 Å². The van der Waals surface area contributed by atoms with Crippen LogP contribution in [-0.4, -0.2) is 0 Å². The Labute approximate surface area is 295 Å². The van der Waals surface area contributed by atoms with E-state index < -0.39 is 11.7 Å². The molecule has 0 aliphatic heterocycles. The van der Waals surface area contributed by atoms with Crippen LogP contribution in [0.25, 0.3) is 96.6 Å². The first-order valence-corrected chi connectivity index (χ1v) is 17.6. The van der Waals surface area contributed by atoms with Crippen LogP contribution in [-0.2, 0) is 6.18 Å². The molecule has 240 valence electrons. The topological polar surface area (TPSA) is 0 Å². The van der Waals surface area contributed by atoms with E-state index in [0.29, 0.717) is 10.8 Å². The van der Waals surface area contributed by atoms with E-state index in [2.05, 4.69) is 109 Å². The summed E-state index contributed by atoms with van der Waals surface area (Å²) in [5.41, 5.74) is 5.72. The average molecular weight is 679 g/mol. The van der Waals surface area contributed by atoms with E-state index in [0.717, 1.165) is 36.9 Å². The Bertz CT molecular complexity index is 2890. The van der Waals surface area contributed by atoms with Crippen molar-refractivity contribution in [1.82, 2.24) is 0 Å². The lowest BCUT2D eigenvalue weighted by Crippen LogP contribution is -2.07. The highest BCUT2D eigenvalue weighted by atomic mass is 32.1. The number of benzene rings is 8. The van der Waals surface area contributed by atoms with Crippen molar-refractivity contribution < 1.29 is 13.2 Å². The number of halogens is 3. The van der Waals surface area contributed by atoms with Crippen LogP contribution in [0.2, 0.25) is 0 Å². The van der Waals surface area contributed by atoms with Gasteiger partial charge in [0, 0.05) is 42.1 Å². The van der Waals surface area contributed by atoms with Crippen molar-refractivity contribution in [3.05, 3.63) is 169 Å². The number of alkyl halides is 3. The minimum atomic E-state index is -4.53. The van der Waals surface area contributed by atoms with Crippen molar-refractivity contribution >= 4 is 74.6 Å². The molecule has 0 fully saturated rings. The van der Waals surface area contributed by atoms with Gasteiger partial charge in [-0.1, -0.05) is 140 Å². The zero-order valence-corrected chi connectivity index (χ0v) is 27.8. The third kappa shape index (κ3) is 4.49. The molecular weight excluding hydrogens is 654 g/mol. The Morgan fingerprint density at radius 2 is 1.02 bits per heavy atom. The number of fused-ring (bicyclic) bond motifs is 7. The molecule has 0 saturated heterocycles. The van der Waals surface area contributed by atoms with Crippen LogP contribution in [0.1, 0.15) is 5.56 Å². The fourth-order valence-corrected chi connectivity index (χ4v) is 9.29. The molecule has 0 spiro atoms. The highest BCUT2D eigenvalue weighted by Gasteiger charge is 2.36. The maximum absolute atomic E-state index is 14.6. The maximum atomic E-state index is 14.6. The molecular formula is C47H25F3S. The largest absolute Gasteiger partial charge is 0.417 e.